The van der Waals surface area contributed by atoms with Gasteiger partial charge in [-0.3, -0.25) is 9.69 Å². The molecule has 1 saturated heterocycles. The Morgan fingerprint density at radius 1 is 1.27 bits per heavy atom. The van der Waals surface area contributed by atoms with Gasteiger partial charge in [-0.05, 0) is 37.6 Å². The second kappa shape index (κ2) is 10.1. The SMILES string of the molecule is CCOC(=O)CN1CCN(c2ccc(NCCOS(C)(C)C(C)(C)C)cc2Cl)C1=O. The minimum absolute atomic E-state index is 0.0483. The van der Waals surface area contributed by atoms with Crippen LogP contribution in [-0.2, 0) is 13.7 Å². The highest BCUT2D eigenvalue weighted by Gasteiger charge is 2.32. The Hall–Kier alpha value is -1.64. The van der Waals surface area contributed by atoms with E-state index >= 15 is 0 Å². The molecule has 1 aliphatic rings. The fraction of sp³-hybridized carbons (Fsp3) is 0.619. The first kappa shape index (κ1) is 24.6. The van der Waals surface area contributed by atoms with Gasteiger partial charge in [0.15, 0.2) is 0 Å². The number of hydrogen-bond donors (Lipinski definition) is 1. The second-order valence-corrected chi connectivity index (χ2v) is 12.8. The van der Waals surface area contributed by atoms with E-state index in [-0.39, 0.29) is 17.3 Å². The minimum atomic E-state index is -1.15. The molecule has 0 bridgehead atoms. The molecular formula is C21H34ClN3O4S. The van der Waals surface area contributed by atoms with E-state index in [4.69, 9.17) is 20.5 Å². The van der Waals surface area contributed by atoms with Gasteiger partial charge < -0.3 is 19.1 Å². The molecular weight excluding hydrogens is 426 g/mol. The van der Waals surface area contributed by atoms with Gasteiger partial charge in [0.1, 0.15) is 6.54 Å². The van der Waals surface area contributed by atoms with Crippen molar-refractivity contribution in [3.63, 3.8) is 0 Å². The van der Waals surface area contributed by atoms with Crippen molar-refractivity contribution in [3.8, 4) is 0 Å². The number of benzene rings is 1. The standard InChI is InChI=1S/C21H34ClN3O4S/c1-7-28-19(26)15-24-11-12-25(20(24)27)18-9-8-16(14-17(18)22)23-10-13-29-30(5,6)21(2,3)4/h8-9,14,23H,7,10-13,15H2,1-6H3. The predicted octanol–water partition coefficient (Wildman–Crippen LogP) is 4.35. The largest absolute Gasteiger partial charge is 0.465 e. The fourth-order valence-electron chi connectivity index (χ4n) is 2.77. The third-order valence-electron chi connectivity index (χ3n) is 5.24. The van der Waals surface area contributed by atoms with Crippen LogP contribution in [0.1, 0.15) is 27.7 Å². The van der Waals surface area contributed by atoms with Crippen LogP contribution in [0.15, 0.2) is 18.2 Å². The van der Waals surface area contributed by atoms with Crippen molar-refractivity contribution < 1.29 is 18.5 Å². The maximum atomic E-state index is 12.6. The van der Waals surface area contributed by atoms with Gasteiger partial charge >= 0.3 is 12.0 Å². The van der Waals surface area contributed by atoms with Crippen LogP contribution in [0.25, 0.3) is 0 Å². The van der Waals surface area contributed by atoms with E-state index in [0.717, 1.165) is 5.69 Å². The van der Waals surface area contributed by atoms with Gasteiger partial charge in [0, 0.05) is 30.1 Å². The minimum Gasteiger partial charge on any atom is -0.465 e. The van der Waals surface area contributed by atoms with Crippen LogP contribution in [0.4, 0.5) is 16.2 Å². The summed E-state index contributed by atoms with van der Waals surface area (Å²) in [6.07, 6.45) is 4.36. The van der Waals surface area contributed by atoms with Crippen LogP contribution in [0.5, 0.6) is 0 Å². The van der Waals surface area contributed by atoms with Crippen molar-refractivity contribution in [2.75, 3.05) is 62.1 Å². The number of ether oxygens (including phenoxy) is 1. The molecule has 0 radical (unpaired) electrons. The van der Waals surface area contributed by atoms with E-state index in [2.05, 4.69) is 38.6 Å². The molecule has 170 valence electrons. The smallest absolute Gasteiger partial charge is 0.325 e. The Bertz CT molecular complexity index is 767. The van der Waals surface area contributed by atoms with Crippen molar-refractivity contribution >= 4 is 45.3 Å². The van der Waals surface area contributed by atoms with Crippen LogP contribution < -0.4 is 10.2 Å². The summed E-state index contributed by atoms with van der Waals surface area (Å²) in [5.74, 6) is -0.406. The summed E-state index contributed by atoms with van der Waals surface area (Å²) in [6.45, 7) is 10.8. The van der Waals surface area contributed by atoms with E-state index in [9.17, 15) is 9.59 Å². The molecule has 0 saturated carbocycles. The molecule has 1 aromatic carbocycles. The van der Waals surface area contributed by atoms with Crippen LogP contribution in [0, 0.1) is 0 Å². The molecule has 0 spiro atoms. The molecule has 2 rings (SSSR count). The van der Waals surface area contributed by atoms with Crippen molar-refractivity contribution in [3.05, 3.63) is 23.2 Å². The number of rotatable bonds is 9. The van der Waals surface area contributed by atoms with E-state index in [1.165, 1.54) is 4.90 Å². The van der Waals surface area contributed by atoms with E-state index in [0.29, 0.717) is 43.6 Å². The summed E-state index contributed by atoms with van der Waals surface area (Å²) in [5, 5.41) is 3.80. The highest BCUT2D eigenvalue weighted by Crippen LogP contribution is 2.53. The van der Waals surface area contributed by atoms with Gasteiger partial charge in [-0.2, -0.15) is 0 Å². The van der Waals surface area contributed by atoms with Crippen molar-refractivity contribution in [1.82, 2.24) is 4.90 Å². The molecule has 30 heavy (non-hydrogen) atoms. The summed E-state index contributed by atoms with van der Waals surface area (Å²) < 4.78 is 11.2. The van der Waals surface area contributed by atoms with Gasteiger partial charge in [-0.25, -0.2) is 4.79 Å². The molecule has 2 amide bonds. The lowest BCUT2D eigenvalue weighted by molar-refractivity contribution is -0.143. The topological polar surface area (TPSA) is 71.1 Å². The highest BCUT2D eigenvalue weighted by atomic mass is 35.5. The number of urea groups is 1. The fourth-order valence-corrected chi connectivity index (χ4v) is 3.91. The zero-order valence-electron chi connectivity index (χ0n) is 18.8. The normalized spacial score (nSPS) is 15.5. The Balaban J connectivity index is 1.91. The third kappa shape index (κ3) is 6.18. The molecule has 9 heteroatoms. The number of hydrogen-bond acceptors (Lipinski definition) is 5. The van der Waals surface area contributed by atoms with Crippen LogP contribution in [0.3, 0.4) is 0 Å². The summed E-state index contributed by atoms with van der Waals surface area (Å²) in [4.78, 5) is 27.3. The van der Waals surface area contributed by atoms with E-state index < -0.39 is 16.3 Å². The molecule has 0 atom stereocenters. The Morgan fingerprint density at radius 2 is 1.97 bits per heavy atom. The van der Waals surface area contributed by atoms with E-state index in [1.807, 2.05) is 12.1 Å². The molecule has 1 aromatic rings. The second-order valence-electron chi connectivity index (χ2n) is 8.42. The zero-order chi connectivity index (χ0) is 22.5. The van der Waals surface area contributed by atoms with Crippen LogP contribution >= 0.6 is 21.9 Å². The van der Waals surface area contributed by atoms with Gasteiger partial charge in [0.2, 0.25) is 0 Å². The van der Waals surface area contributed by atoms with Gasteiger partial charge in [0.25, 0.3) is 0 Å². The first-order valence-electron chi connectivity index (χ1n) is 10.1. The van der Waals surface area contributed by atoms with Crippen LogP contribution in [0.2, 0.25) is 5.02 Å². The molecule has 1 heterocycles. The van der Waals surface area contributed by atoms with Gasteiger partial charge in [-0.15, -0.1) is 10.3 Å². The molecule has 0 aliphatic carbocycles. The first-order valence-corrected chi connectivity index (χ1v) is 12.8. The predicted molar refractivity (Wildman–Crippen MR) is 126 cm³/mol. The zero-order valence-corrected chi connectivity index (χ0v) is 20.4. The maximum Gasteiger partial charge on any atom is 0.325 e. The number of nitrogens with one attached hydrogen (secondary N) is 1. The van der Waals surface area contributed by atoms with Crippen molar-refractivity contribution in [1.29, 1.82) is 0 Å². The average Bonchev–Trinajstić information content (AvgIpc) is 2.98. The monoisotopic (exact) mass is 459 g/mol. The quantitative estimate of drug-likeness (QED) is 0.439. The number of amides is 2. The maximum absolute atomic E-state index is 12.6. The number of nitrogens with zero attached hydrogens (tertiary/aromatic N) is 2. The summed E-state index contributed by atoms with van der Waals surface area (Å²) in [6, 6.07) is 5.28. The lowest BCUT2D eigenvalue weighted by Crippen LogP contribution is -2.36. The highest BCUT2D eigenvalue weighted by molar-refractivity contribution is 8.29. The Kier molecular flexibility index (Phi) is 8.30. The molecule has 1 N–H and O–H groups in total. The first-order chi connectivity index (χ1) is 14.0. The average molecular weight is 460 g/mol. The number of esters is 1. The number of carbonyl (C=O) groups is 2. The lowest BCUT2D eigenvalue weighted by Gasteiger charge is -2.43. The van der Waals surface area contributed by atoms with Gasteiger partial charge in [0.05, 0.1) is 23.9 Å². The number of halogens is 1. The number of carbonyl (C=O) groups excluding carboxylic acids is 2. The molecule has 0 aromatic heterocycles. The van der Waals surface area contributed by atoms with Crippen LogP contribution in [-0.4, -0.2) is 73.6 Å². The summed E-state index contributed by atoms with van der Waals surface area (Å²) >= 11 is 6.45. The summed E-state index contributed by atoms with van der Waals surface area (Å²) in [7, 11) is -1.15. The molecule has 1 fully saturated rings. The lowest BCUT2D eigenvalue weighted by atomic mass is 10.2. The Labute approximate surface area is 186 Å². The Morgan fingerprint density at radius 3 is 2.57 bits per heavy atom. The van der Waals surface area contributed by atoms with Crippen molar-refractivity contribution in [2.45, 2.75) is 32.4 Å². The molecule has 7 nitrogen and oxygen atoms in total. The van der Waals surface area contributed by atoms with E-state index in [1.54, 1.807) is 17.9 Å². The van der Waals surface area contributed by atoms with Crippen molar-refractivity contribution in [2.24, 2.45) is 0 Å². The third-order valence-corrected chi connectivity index (χ3v) is 9.25. The van der Waals surface area contributed by atoms with Gasteiger partial charge in [-0.1, -0.05) is 32.4 Å². The molecule has 1 aliphatic heterocycles. The summed E-state index contributed by atoms with van der Waals surface area (Å²) in [5.41, 5.74) is 1.50. The number of anilines is 2. The molecule has 0 unspecified atom stereocenters.